The van der Waals surface area contributed by atoms with Crippen molar-refractivity contribution < 1.29 is 24.0 Å². The zero-order chi connectivity index (χ0) is 27.9. The lowest BCUT2D eigenvalue weighted by Gasteiger charge is -2.28. The first-order valence-corrected chi connectivity index (χ1v) is 13.2. The van der Waals surface area contributed by atoms with Crippen LogP contribution in [0.25, 0.3) is 6.08 Å². The van der Waals surface area contributed by atoms with Crippen LogP contribution >= 0.6 is 0 Å². The van der Waals surface area contributed by atoms with Crippen LogP contribution in [0.5, 0.6) is 0 Å². The van der Waals surface area contributed by atoms with E-state index in [-0.39, 0.29) is 23.9 Å². The smallest absolute Gasteiger partial charge is 0.287 e. The minimum Gasteiger partial charge on any atom is -0.394 e. The molecule has 1 saturated carbocycles. The summed E-state index contributed by atoms with van der Waals surface area (Å²) < 4.78 is 0. The molecule has 4 amide bonds. The molecule has 1 aliphatic heterocycles. The Bertz CT molecular complexity index is 1080. The predicted molar refractivity (Wildman–Crippen MR) is 143 cm³/mol. The van der Waals surface area contributed by atoms with E-state index in [1.807, 2.05) is 32.0 Å². The number of carbonyl (C=O) groups excluding carboxylic acids is 5. The van der Waals surface area contributed by atoms with E-state index in [1.165, 1.54) is 6.08 Å². The second kappa shape index (κ2) is 12.7. The van der Waals surface area contributed by atoms with Crippen LogP contribution in [0.2, 0.25) is 0 Å². The van der Waals surface area contributed by atoms with Gasteiger partial charge in [0.1, 0.15) is 6.04 Å². The monoisotopic (exact) mass is 525 g/mol. The van der Waals surface area contributed by atoms with E-state index in [9.17, 15) is 24.0 Å². The Morgan fingerprint density at radius 1 is 1.00 bits per heavy atom. The van der Waals surface area contributed by atoms with Crippen molar-refractivity contribution >= 4 is 35.5 Å². The number of nitrogens with one attached hydrogen (secondary N) is 3. The quantitative estimate of drug-likeness (QED) is 0.215. The van der Waals surface area contributed by atoms with Gasteiger partial charge in [0.05, 0.1) is 11.7 Å². The number of amides is 4. The van der Waals surface area contributed by atoms with Crippen LogP contribution < -0.4 is 27.4 Å². The number of Topliss-reactive ketones (excluding diaryl/α,β-unsaturated/α-hetero) is 1. The Morgan fingerprint density at radius 3 is 2.24 bits per heavy atom. The topological polar surface area (TPSA) is 173 Å². The summed E-state index contributed by atoms with van der Waals surface area (Å²) in [6.45, 7) is 3.72. The molecule has 7 N–H and O–H groups in total. The lowest BCUT2D eigenvalue weighted by molar-refractivity contribution is -0.139. The van der Waals surface area contributed by atoms with Crippen LogP contribution in [-0.2, 0) is 24.0 Å². The van der Waals surface area contributed by atoms with E-state index in [0.29, 0.717) is 12.8 Å². The van der Waals surface area contributed by atoms with Gasteiger partial charge >= 0.3 is 0 Å². The Hall–Kier alpha value is -3.69. The van der Waals surface area contributed by atoms with Gasteiger partial charge in [-0.15, -0.1) is 0 Å². The van der Waals surface area contributed by atoms with Crippen molar-refractivity contribution in [3.05, 3.63) is 41.6 Å². The number of nitrogens with two attached hydrogens (primary N) is 2. The summed E-state index contributed by atoms with van der Waals surface area (Å²) in [6.07, 6.45) is 7.32. The Labute approximate surface area is 223 Å². The number of primary amides is 1. The first-order valence-electron chi connectivity index (χ1n) is 13.2. The van der Waals surface area contributed by atoms with Gasteiger partial charge < -0.3 is 27.4 Å². The van der Waals surface area contributed by atoms with Gasteiger partial charge in [0, 0.05) is 11.5 Å². The molecule has 0 spiro atoms. The molecule has 2 unspecified atom stereocenters. The first kappa shape index (κ1) is 28.9. The number of carbonyl (C=O) groups is 5. The maximum absolute atomic E-state index is 13.5. The largest absolute Gasteiger partial charge is 0.394 e. The van der Waals surface area contributed by atoms with Gasteiger partial charge in [0.25, 0.3) is 11.8 Å². The van der Waals surface area contributed by atoms with E-state index in [1.54, 1.807) is 12.1 Å². The molecule has 0 bridgehead atoms. The highest BCUT2D eigenvalue weighted by atomic mass is 16.2. The summed E-state index contributed by atoms with van der Waals surface area (Å²) in [7, 11) is 0. The molecule has 1 aromatic carbocycles. The molecule has 2 aliphatic rings. The molecule has 38 heavy (non-hydrogen) atoms. The normalized spacial score (nSPS) is 21.2. The number of hydrogen-bond acceptors (Lipinski definition) is 6. The summed E-state index contributed by atoms with van der Waals surface area (Å²) >= 11 is 0. The van der Waals surface area contributed by atoms with Crippen molar-refractivity contribution in [2.24, 2.45) is 23.3 Å². The summed E-state index contributed by atoms with van der Waals surface area (Å²) in [5.41, 5.74) is 11.5. The SMILES string of the molecule is CC1(C)CC(CC(NC(=O)[C@H](CC2CCCCC2)NC(=O)/C(N)=C/c2ccccc2)C(=O)C(N)=O)C(=O)N1. The standard InChI is InChI=1S/C28H39N5O5/c1-28(2)16-19(25(36)33-28)15-21(23(34)24(30)35)31-27(38)22(14-18-11-7-4-8-12-18)32-26(37)20(29)13-17-9-5-3-6-10-17/h3,5-6,9-10,13,18-19,21-22H,4,7-8,11-12,14-16,29H2,1-2H3,(H2,30,35)(H,31,38)(H,32,37)(H,33,36)/b20-13-/t19?,21?,22-/m0/s1. The molecule has 1 aromatic rings. The predicted octanol–water partition coefficient (Wildman–Crippen LogP) is 1.29. The number of hydrogen-bond donors (Lipinski definition) is 5. The van der Waals surface area contributed by atoms with Crippen molar-refractivity contribution in [1.29, 1.82) is 0 Å². The van der Waals surface area contributed by atoms with E-state index in [4.69, 9.17) is 11.5 Å². The van der Waals surface area contributed by atoms with Crippen LogP contribution in [0, 0.1) is 11.8 Å². The summed E-state index contributed by atoms with van der Waals surface area (Å²) in [4.78, 5) is 63.3. The molecule has 0 aromatic heterocycles. The number of ketones is 1. The Balaban J connectivity index is 1.77. The molecular weight excluding hydrogens is 486 g/mol. The third-order valence-corrected chi connectivity index (χ3v) is 7.28. The van der Waals surface area contributed by atoms with Gasteiger partial charge in [-0.3, -0.25) is 24.0 Å². The van der Waals surface area contributed by atoms with E-state index in [0.717, 1.165) is 37.7 Å². The molecule has 3 atom stereocenters. The van der Waals surface area contributed by atoms with Crippen LogP contribution in [-0.4, -0.2) is 47.0 Å². The van der Waals surface area contributed by atoms with Gasteiger partial charge in [0.2, 0.25) is 17.6 Å². The van der Waals surface area contributed by atoms with Crippen molar-refractivity contribution in [3.8, 4) is 0 Å². The van der Waals surface area contributed by atoms with Crippen LogP contribution in [0.15, 0.2) is 36.0 Å². The van der Waals surface area contributed by atoms with Crippen LogP contribution in [0.3, 0.4) is 0 Å². The summed E-state index contributed by atoms with van der Waals surface area (Å²) in [5, 5.41) is 8.18. The average Bonchev–Trinajstić information content (AvgIpc) is 3.14. The van der Waals surface area contributed by atoms with Crippen molar-refractivity contribution in [2.75, 3.05) is 0 Å². The number of rotatable bonds is 11. The fraction of sp³-hybridized carbons (Fsp3) is 0.536. The molecule has 10 nitrogen and oxygen atoms in total. The van der Waals surface area contributed by atoms with Gasteiger partial charge in [0.15, 0.2) is 0 Å². The third-order valence-electron chi connectivity index (χ3n) is 7.28. The van der Waals surface area contributed by atoms with Crippen LogP contribution in [0.4, 0.5) is 0 Å². The molecule has 2 fully saturated rings. The lowest BCUT2D eigenvalue weighted by Crippen LogP contribution is -2.55. The second-order valence-electron chi connectivity index (χ2n) is 11.1. The van der Waals surface area contributed by atoms with E-state index < -0.39 is 47.0 Å². The minimum absolute atomic E-state index is 0.0627. The van der Waals surface area contributed by atoms with Gasteiger partial charge in [-0.05, 0) is 50.7 Å². The molecule has 3 rings (SSSR count). The van der Waals surface area contributed by atoms with Crippen molar-refractivity contribution in [1.82, 2.24) is 16.0 Å². The van der Waals surface area contributed by atoms with Crippen molar-refractivity contribution in [3.63, 3.8) is 0 Å². The molecule has 10 heteroatoms. The third kappa shape index (κ3) is 8.16. The minimum atomic E-state index is -1.28. The molecule has 206 valence electrons. The fourth-order valence-corrected chi connectivity index (χ4v) is 5.37. The van der Waals surface area contributed by atoms with Gasteiger partial charge in [-0.25, -0.2) is 0 Å². The second-order valence-corrected chi connectivity index (χ2v) is 11.1. The average molecular weight is 526 g/mol. The van der Waals surface area contributed by atoms with Gasteiger partial charge in [-0.2, -0.15) is 0 Å². The highest BCUT2D eigenvalue weighted by Crippen LogP contribution is 2.29. The zero-order valence-corrected chi connectivity index (χ0v) is 22.1. The maximum Gasteiger partial charge on any atom is 0.287 e. The molecule has 1 saturated heterocycles. The molecular formula is C28H39N5O5. The first-order chi connectivity index (χ1) is 17.9. The van der Waals surface area contributed by atoms with E-state index >= 15 is 0 Å². The molecule has 0 radical (unpaired) electrons. The van der Waals surface area contributed by atoms with Crippen molar-refractivity contribution in [2.45, 2.75) is 82.8 Å². The maximum atomic E-state index is 13.5. The lowest BCUT2D eigenvalue weighted by atomic mass is 9.84. The van der Waals surface area contributed by atoms with Crippen LogP contribution in [0.1, 0.15) is 70.8 Å². The fourth-order valence-electron chi connectivity index (χ4n) is 5.37. The Morgan fingerprint density at radius 2 is 1.66 bits per heavy atom. The zero-order valence-electron chi connectivity index (χ0n) is 22.1. The van der Waals surface area contributed by atoms with E-state index in [2.05, 4.69) is 16.0 Å². The molecule has 1 aliphatic carbocycles. The highest BCUT2D eigenvalue weighted by Gasteiger charge is 2.41. The summed E-state index contributed by atoms with van der Waals surface area (Å²) in [6, 6.07) is 6.81. The summed E-state index contributed by atoms with van der Waals surface area (Å²) in [5.74, 6) is -4.02. The highest BCUT2D eigenvalue weighted by molar-refractivity contribution is 6.38. The molecule has 1 heterocycles. The Kier molecular flexibility index (Phi) is 9.66. The number of benzene rings is 1. The van der Waals surface area contributed by atoms with Gasteiger partial charge in [-0.1, -0.05) is 62.4 Å².